The normalized spacial score (nSPS) is 13.1. The molecule has 0 amide bonds. The SMILES string of the molecule is O[SiH](O)O[Si](O)(O)O[SiH](O)O. The van der Waals surface area contributed by atoms with Gasteiger partial charge < -0.3 is 37.0 Å². The van der Waals surface area contributed by atoms with Crippen LogP contribution in [0, 0.1) is 0 Å². The van der Waals surface area contributed by atoms with E-state index in [9.17, 15) is 0 Å². The quantitative estimate of drug-likeness (QED) is 0.258. The summed E-state index contributed by atoms with van der Waals surface area (Å²) >= 11 is 0. The zero-order valence-corrected chi connectivity index (χ0v) is 8.46. The minimum absolute atomic E-state index is 3.62. The molecular weight excluding hydrogens is 212 g/mol. The summed E-state index contributed by atoms with van der Waals surface area (Å²) in [6, 6.07) is 0. The van der Waals surface area contributed by atoms with E-state index in [2.05, 4.69) is 8.23 Å². The summed E-state index contributed by atoms with van der Waals surface area (Å²) in [7, 11) is -11.9. The third kappa shape index (κ3) is 6.72. The molecule has 0 aromatic carbocycles. The van der Waals surface area contributed by atoms with Crippen LogP contribution in [0.5, 0.6) is 0 Å². The molecule has 0 radical (unpaired) electrons. The highest BCUT2D eigenvalue weighted by Gasteiger charge is 2.41. The van der Waals surface area contributed by atoms with Crippen molar-refractivity contribution in [1.29, 1.82) is 0 Å². The van der Waals surface area contributed by atoms with Crippen molar-refractivity contribution in [1.82, 2.24) is 0 Å². The molecule has 0 heterocycles. The Balaban J connectivity index is 3.79. The van der Waals surface area contributed by atoms with Crippen LogP contribution < -0.4 is 0 Å². The fraction of sp³-hybridized carbons (Fsp3) is 0. The molecular formula is H8O8Si3. The van der Waals surface area contributed by atoms with Crippen molar-refractivity contribution >= 4 is 28.1 Å². The van der Waals surface area contributed by atoms with E-state index < -0.39 is 28.1 Å². The minimum Gasteiger partial charge on any atom is -0.393 e. The van der Waals surface area contributed by atoms with Crippen LogP contribution in [0.3, 0.4) is 0 Å². The van der Waals surface area contributed by atoms with Crippen molar-refractivity contribution in [2.75, 3.05) is 0 Å². The molecule has 0 aromatic rings. The maximum Gasteiger partial charge on any atom is 0.658 e. The lowest BCUT2D eigenvalue weighted by Crippen LogP contribution is -2.51. The van der Waals surface area contributed by atoms with Gasteiger partial charge in [-0.3, -0.25) is 0 Å². The third-order valence-corrected chi connectivity index (χ3v) is 4.66. The van der Waals surface area contributed by atoms with Gasteiger partial charge in [0.2, 0.25) is 0 Å². The van der Waals surface area contributed by atoms with Gasteiger partial charge in [-0.05, 0) is 0 Å². The highest BCUT2D eigenvalue weighted by atomic mass is 28.5. The summed E-state index contributed by atoms with van der Waals surface area (Å²) in [5.74, 6) is 0. The van der Waals surface area contributed by atoms with Crippen LogP contribution in [-0.2, 0) is 8.23 Å². The Kier molecular flexibility index (Phi) is 4.51. The van der Waals surface area contributed by atoms with Crippen molar-refractivity contribution in [2.24, 2.45) is 0 Å². The van der Waals surface area contributed by atoms with Gasteiger partial charge in [-0.2, -0.15) is 0 Å². The van der Waals surface area contributed by atoms with Crippen LogP contribution in [0.1, 0.15) is 0 Å². The Morgan fingerprint density at radius 2 is 1.09 bits per heavy atom. The lowest BCUT2D eigenvalue weighted by molar-refractivity contribution is 0.0841. The van der Waals surface area contributed by atoms with E-state index in [0.717, 1.165) is 0 Å². The van der Waals surface area contributed by atoms with E-state index in [0.29, 0.717) is 0 Å². The summed E-state index contributed by atoms with van der Waals surface area (Å²) in [6.45, 7) is 0. The van der Waals surface area contributed by atoms with Gasteiger partial charge in [-0.15, -0.1) is 0 Å². The summed E-state index contributed by atoms with van der Waals surface area (Å²) in [6.07, 6.45) is 0. The molecule has 0 atom stereocenters. The van der Waals surface area contributed by atoms with Crippen molar-refractivity contribution in [3.8, 4) is 0 Å². The summed E-state index contributed by atoms with van der Waals surface area (Å²) < 4.78 is 7.48. The molecule has 0 bridgehead atoms. The molecule has 0 aliphatic rings. The van der Waals surface area contributed by atoms with E-state index >= 15 is 0 Å². The Bertz CT molecular complexity index is 95.9. The molecule has 68 valence electrons. The maximum absolute atomic E-state index is 8.53. The van der Waals surface area contributed by atoms with Crippen LogP contribution in [0.15, 0.2) is 0 Å². The van der Waals surface area contributed by atoms with Gasteiger partial charge in [0.05, 0.1) is 0 Å². The van der Waals surface area contributed by atoms with Crippen LogP contribution >= 0.6 is 0 Å². The first-order valence-electron chi connectivity index (χ1n) is 2.36. The van der Waals surface area contributed by atoms with Crippen molar-refractivity contribution in [3.05, 3.63) is 0 Å². The first-order chi connectivity index (χ1) is 4.83. The molecule has 0 saturated heterocycles. The fourth-order valence-corrected chi connectivity index (χ4v) is 3.22. The number of rotatable bonds is 4. The Labute approximate surface area is 65.9 Å². The van der Waals surface area contributed by atoms with E-state index in [1.54, 1.807) is 0 Å². The molecule has 0 unspecified atom stereocenters. The number of hydrogen-bond acceptors (Lipinski definition) is 8. The third-order valence-electron chi connectivity index (χ3n) is 0.518. The molecule has 11 heavy (non-hydrogen) atoms. The molecule has 6 N–H and O–H groups in total. The second-order valence-electron chi connectivity index (χ2n) is 1.44. The van der Waals surface area contributed by atoms with Gasteiger partial charge in [-0.1, -0.05) is 0 Å². The highest BCUT2D eigenvalue weighted by molar-refractivity contribution is 6.64. The molecule has 0 aliphatic heterocycles. The van der Waals surface area contributed by atoms with Crippen LogP contribution in [0.4, 0.5) is 0 Å². The smallest absolute Gasteiger partial charge is 0.393 e. The summed E-state index contributed by atoms with van der Waals surface area (Å²) in [5, 5.41) is 0. The van der Waals surface area contributed by atoms with E-state index in [1.807, 2.05) is 0 Å². The van der Waals surface area contributed by atoms with Crippen LogP contribution in [0.25, 0.3) is 0 Å². The molecule has 0 aliphatic carbocycles. The molecule has 11 heteroatoms. The largest absolute Gasteiger partial charge is 0.658 e. The van der Waals surface area contributed by atoms with Crippen molar-refractivity contribution in [3.63, 3.8) is 0 Å². The number of hydrogen-bond donors (Lipinski definition) is 6. The first kappa shape index (κ1) is 11.3. The fourth-order valence-electron chi connectivity index (χ4n) is 0.302. The average molecular weight is 220 g/mol. The average Bonchev–Trinajstić information content (AvgIpc) is 1.53. The summed E-state index contributed by atoms with van der Waals surface area (Å²) in [5.41, 5.74) is 0. The van der Waals surface area contributed by atoms with E-state index in [1.165, 1.54) is 0 Å². The second-order valence-corrected chi connectivity index (χ2v) is 5.72. The zero-order valence-electron chi connectivity index (χ0n) is 5.15. The van der Waals surface area contributed by atoms with Gasteiger partial charge in [0, 0.05) is 0 Å². The molecule has 0 spiro atoms. The molecule has 0 rings (SSSR count). The maximum atomic E-state index is 8.53. The van der Waals surface area contributed by atoms with E-state index in [-0.39, 0.29) is 0 Å². The summed E-state index contributed by atoms with van der Waals surface area (Å²) in [4.78, 5) is 49.7. The van der Waals surface area contributed by atoms with Crippen LogP contribution in [-0.4, -0.2) is 56.9 Å². The van der Waals surface area contributed by atoms with Gasteiger partial charge in [0.1, 0.15) is 0 Å². The van der Waals surface area contributed by atoms with Gasteiger partial charge in [0.15, 0.2) is 0 Å². The lowest BCUT2D eigenvalue weighted by atomic mass is 15.6. The predicted octanol–water partition coefficient (Wildman–Crippen LogP) is -5.16. The first-order valence-corrected chi connectivity index (χ1v) is 7.08. The molecule has 0 saturated carbocycles. The molecule has 0 fully saturated rings. The standard InChI is InChI=1S/H8O8Si3/c1-9(2)7-11(5,6)8-10(3)4/h1-6,9-10H. The van der Waals surface area contributed by atoms with Gasteiger partial charge >= 0.3 is 28.1 Å². The van der Waals surface area contributed by atoms with Gasteiger partial charge in [0.25, 0.3) is 0 Å². The minimum atomic E-state index is -4.71. The zero-order chi connectivity index (χ0) is 9.07. The van der Waals surface area contributed by atoms with Crippen LogP contribution in [0.2, 0.25) is 0 Å². The highest BCUT2D eigenvalue weighted by Crippen LogP contribution is 1.98. The molecule has 0 aromatic heterocycles. The van der Waals surface area contributed by atoms with Crippen molar-refractivity contribution in [2.45, 2.75) is 0 Å². The lowest BCUT2D eigenvalue weighted by Gasteiger charge is -2.17. The Hall–Kier alpha value is 0.331. The topological polar surface area (TPSA) is 140 Å². The van der Waals surface area contributed by atoms with Gasteiger partial charge in [-0.25, -0.2) is 0 Å². The predicted molar refractivity (Wildman–Crippen MR) is 35.5 cm³/mol. The Morgan fingerprint density at radius 3 is 1.27 bits per heavy atom. The monoisotopic (exact) mass is 220 g/mol. The van der Waals surface area contributed by atoms with Crippen molar-refractivity contribution < 1.29 is 37.0 Å². The second kappa shape index (κ2) is 4.38. The Morgan fingerprint density at radius 1 is 0.818 bits per heavy atom. The molecule has 8 nitrogen and oxygen atoms in total. The van der Waals surface area contributed by atoms with E-state index in [4.69, 9.17) is 28.8 Å².